The quantitative estimate of drug-likeness (QED) is 0.349. The molecule has 2 aromatic rings. The van der Waals surface area contributed by atoms with Crippen molar-refractivity contribution in [2.45, 2.75) is 55.5 Å². The molecule has 3 N–H and O–H groups in total. The van der Waals surface area contributed by atoms with Gasteiger partial charge in [-0.05, 0) is 55.1 Å². The molecule has 2 heterocycles. The van der Waals surface area contributed by atoms with Crippen molar-refractivity contribution in [3.05, 3.63) is 77.2 Å². The van der Waals surface area contributed by atoms with Crippen LogP contribution in [-0.2, 0) is 26.5 Å². The Morgan fingerprint density at radius 3 is 2.67 bits per heavy atom. The van der Waals surface area contributed by atoms with Gasteiger partial charge in [0.1, 0.15) is 11.5 Å². The minimum atomic E-state index is -1.31. The fourth-order valence-corrected chi connectivity index (χ4v) is 7.09. The van der Waals surface area contributed by atoms with E-state index in [9.17, 15) is 24.2 Å². The maximum absolute atomic E-state index is 13.4. The van der Waals surface area contributed by atoms with Crippen molar-refractivity contribution < 1.29 is 28.9 Å². The number of benzene rings is 2. The molecule has 1 fully saturated rings. The lowest BCUT2D eigenvalue weighted by Crippen LogP contribution is -2.69. The van der Waals surface area contributed by atoms with Gasteiger partial charge in [-0.3, -0.25) is 0 Å². The molecule has 0 aromatic heterocycles. The molecule has 0 amide bonds. The zero-order valence-corrected chi connectivity index (χ0v) is 23.1. The molecular formula is C29H36FN3O5S. The normalized spacial score (nSPS) is 23.3. The Bertz CT molecular complexity index is 1190. The lowest BCUT2D eigenvalue weighted by atomic mass is 9.79. The standard InChI is InChI=1S/C29H36FN3O5S/c1-3-13-29(14-15-31-18-25(29)38-16-12-20-8-10-22(30)11-9-20)33-23-7-5-4-6-21(23)19-39-28(33)32(2)24(27(36)37)17-26(34)35/h4-11,17,25,28,31H,3,12-16,18-19H2,1-2H3,(H,34,35)(H,36,37)/b24-17+. The Kier molecular flexibility index (Phi) is 9.53. The number of para-hydroxylation sites is 1. The van der Waals surface area contributed by atoms with E-state index in [-0.39, 0.29) is 17.6 Å². The first-order valence-corrected chi connectivity index (χ1v) is 14.3. The summed E-state index contributed by atoms with van der Waals surface area (Å²) in [6, 6.07) is 14.6. The van der Waals surface area contributed by atoms with E-state index >= 15 is 0 Å². The molecule has 0 aliphatic carbocycles. The number of carbonyl (C=O) groups is 2. The Labute approximate surface area is 232 Å². The third kappa shape index (κ3) is 6.40. The molecular weight excluding hydrogens is 521 g/mol. The van der Waals surface area contributed by atoms with E-state index in [0.29, 0.717) is 25.3 Å². The summed E-state index contributed by atoms with van der Waals surface area (Å²) in [4.78, 5) is 27.5. The third-order valence-electron chi connectivity index (χ3n) is 7.50. The average Bonchev–Trinajstić information content (AvgIpc) is 2.92. The number of thioether (sulfide) groups is 1. The van der Waals surface area contributed by atoms with Crippen LogP contribution in [0, 0.1) is 5.82 Å². The topological polar surface area (TPSA) is 102 Å². The van der Waals surface area contributed by atoms with Gasteiger partial charge in [0.2, 0.25) is 0 Å². The molecule has 1 saturated heterocycles. The minimum Gasteiger partial charge on any atom is -0.478 e. The molecule has 3 atom stereocenters. The van der Waals surface area contributed by atoms with Gasteiger partial charge in [0.25, 0.3) is 0 Å². The number of anilines is 1. The maximum Gasteiger partial charge on any atom is 0.352 e. The first kappa shape index (κ1) is 28.9. The van der Waals surface area contributed by atoms with Gasteiger partial charge in [-0.1, -0.05) is 43.7 Å². The number of fused-ring (bicyclic) bond motifs is 1. The predicted octanol–water partition coefficient (Wildman–Crippen LogP) is 4.31. The molecule has 3 unspecified atom stereocenters. The highest BCUT2D eigenvalue weighted by atomic mass is 32.2. The first-order valence-electron chi connectivity index (χ1n) is 13.2. The number of ether oxygens (including phenoxy) is 1. The van der Waals surface area contributed by atoms with Crippen LogP contribution in [0.3, 0.4) is 0 Å². The van der Waals surface area contributed by atoms with E-state index in [1.807, 2.05) is 12.1 Å². The summed E-state index contributed by atoms with van der Waals surface area (Å²) in [6.45, 7) is 3.98. The first-order chi connectivity index (χ1) is 18.8. The summed E-state index contributed by atoms with van der Waals surface area (Å²) in [5.74, 6) is -2.20. The maximum atomic E-state index is 13.4. The molecule has 0 bridgehead atoms. The number of hydrogen-bond donors (Lipinski definition) is 3. The second-order valence-electron chi connectivity index (χ2n) is 9.96. The molecule has 2 aromatic carbocycles. The molecule has 0 saturated carbocycles. The fourth-order valence-electron chi connectivity index (χ4n) is 5.71. The minimum absolute atomic E-state index is 0.217. The van der Waals surface area contributed by atoms with Gasteiger partial charge >= 0.3 is 11.9 Å². The average molecular weight is 558 g/mol. The van der Waals surface area contributed by atoms with Crippen LogP contribution in [0.2, 0.25) is 0 Å². The van der Waals surface area contributed by atoms with Crippen LogP contribution >= 0.6 is 11.8 Å². The van der Waals surface area contributed by atoms with Crippen LogP contribution in [0.5, 0.6) is 0 Å². The van der Waals surface area contributed by atoms with E-state index in [1.165, 1.54) is 12.1 Å². The Morgan fingerprint density at radius 1 is 1.23 bits per heavy atom. The summed E-state index contributed by atoms with van der Waals surface area (Å²) in [5, 5.41) is 22.8. The Balaban J connectivity index is 1.73. The number of aliphatic carboxylic acids is 2. The number of rotatable bonds is 11. The van der Waals surface area contributed by atoms with Gasteiger partial charge in [-0.25, -0.2) is 14.0 Å². The highest BCUT2D eigenvalue weighted by molar-refractivity contribution is 7.99. The number of carboxylic acid groups (broad SMARTS) is 2. The predicted molar refractivity (Wildman–Crippen MR) is 150 cm³/mol. The van der Waals surface area contributed by atoms with Gasteiger partial charge in [-0.2, -0.15) is 0 Å². The van der Waals surface area contributed by atoms with Gasteiger partial charge in [0, 0.05) is 25.0 Å². The number of halogens is 1. The number of piperidine rings is 1. The van der Waals surface area contributed by atoms with Crippen LogP contribution in [0.15, 0.2) is 60.3 Å². The lowest BCUT2D eigenvalue weighted by molar-refractivity contribution is -0.136. The van der Waals surface area contributed by atoms with Crippen LogP contribution in [-0.4, -0.2) is 70.9 Å². The highest BCUT2D eigenvalue weighted by Gasteiger charge is 2.51. The van der Waals surface area contributed by atoms with Crippen LogP contribution in [0.1, 0.15) is 37.3 Å². The molecule has 10 heteroatoms. The number of carboxylic acids is 2. The summed E-state index contributed by atoms with van der Waals surface area (Å²) in [7, 11) is 1.65. The number of hydrogen-bond acceptors (Lipinski definition) is 7. The van der Waals surface area contributed by atoms with Crippen LogP contribution in [0.25, 0.3) is 0 Å². The summed E-state index contributed by atoms with van der Waals surface area (Å²) >= 11 is 1.58. The summed E-state index contributed by atoms with van der Waals surface area (Å²) in [6.07, 6.45) is 3.64. The lowest BCUT2D eigenvalue weighted by Gasteiger charge is -2.58. The second kappa shape index (κ2) is 12.8. The van der Waals surface area contributed by atoms with E-state index in [4.69, 9.17) is 4.74 Å². The molecule has 2 aliphatic heterocycles. The van der Waals surface area contributed by atoms with Crippen molar-refractivity contribution in [2.24, 2.45) is 0 Å². The van der Waals surface area contributed by atoms with Gasteiger partial charge in [-0.15, -0.1) is 11.8 Å². The Morgan fingerprint density at radius 2 is 1.97 bits per heavy atom. The number of nitrogens with zero attached hydrogens (tertiary/aromatic N) is 2. The molecule has 0 spiro atoms. The molecule has 0 radical (unpaired) electrons. The van der Waals surface area contributed by atoms with Gasteiger partial charge in [0.05, 0.1) is 24.3 Å². The smallest absolute Gasteiger partial charge is 0.352 e. The van der Waals surface area contributed by atoms with E-state index < -0.39 is 23.0 Å². The molecule has 210 valence electrons. The van der Waals surface area contributed by atoms with E-state index in [1.54, 1.807) is 35.8 Å². The second-order valence-corrected chi connectivity index (χ2v) is 11.0. The largest absolute Gasteiger partial charge is 0.478 e. The van der Waals surface area contributed by atoms with Crippen molar-refractivity contribution in [3.8, 4) is 0 Å². The third-order valence-corrected chi connectivity index (χ3v) is 8.80. The van der Waals surface area contributed by atoms with E-state index in [0.717, 1.165) is 48.7 Å². The molecule has 4 rings (SSSR count). The van der Waals surface area contributed by atoms with E-state index in [2.05, 4.69) is 29.3 Å². The summed E-state index contributed by atoms with van der Waals surface area (Å²) < 4.78 is 20.0. The Hall–Kier alpha value is -3.08. The zero-order chi connectivity index (χ0) is 28.0. The van der Waals surface area contributed by atoms with Crippen molar-refractivity contribution in [1.29, 1.82) is 0 Å². The molecule has 39 heavy (non-hydrogen) atoms. The zero-order valence-electron chi connectivity index (χ0n) is 22.3. The van der Waals surface area contributed by atoms with Crippen molar-refractivity contribution in [3.63, 3.8) is 0 Å². The van der Waals surface area contributed by atoms with Gasteiger partial charge < -0.3 is 30.1 Å². The fraction of sp³-hybridized carbons (Fsp3) is 0.448. The van der Waals surface area contributed by atoms with Crippen LogP contribution in [0.4, 0.5) is 10.1 Å². The summed E-state index contributed by atoms with van der Waals surface area (Å²) in [5.41, 5.74) is 1.93. The molecule has 2 aliphatic rings. The number of likely N-dealkylation sites (N-methyl/N-ethyl adjacent to an activating group) is 1. The molecule has 8 nitrogen and oxygen atoms in total. The highest BCUT2D eigenvalue weighted by Crippen LogP contribution is 2.47. The van der Waals surface area contributed by atoms with Crippen LogP contribution < -0.4 is 10.2 Å². The van der Waals surface area contributed by atoms with Crippen molar-refractivity contribution in [2.75, 3.05) is 31.6 Å². The van der Waals surface area contributed by atoms with Crippen molar-refractivity contribution in [1.82, 2.24) is 10.2 Å². The number of nitrogens with one attached hydrogen (secondary N) is 1. The monoisotopic (exact) mass is 557 g/mol. The SMILES string of the molecule is CCCC1(N2c3ccccc3CSC2N(C)/C(=C/C(=O)O)C(=O)O)CCNCC1OCCc1ccc(F)cc1. The van der Waals surface area contributed by atoms with Gasteiger partial charge in [0.15, 0.2) is 5.50 Å². The van der Waals surface area contributed by atoms with Crippen molar-refractivity contribution >= 4 is 29.4 Å².